The molecule has 1 aromatic carbocycles. The van der Waals surface area contributed by atoms with Gasteiger partial charge >= 0.3 is 5.97 Å². The van der Waals surface area contributed by atoms with Crippen LogP contribution in [0.15, 0.2) is 51.6 Å². The largest absolute Gasteiger partial charge is 0.466 e. The first-order valence-corrected chi connectivity index (χ1v) is 11.9. The fourth-order valence-electron chi connectivity index (χ4n) is 4.30. The summed E-state index contributed by atoms with van der Waals surface area (Å²) in [5.41, 5.74) is 2.77. The van der Waals surface area contributed by atoms with Gasteiger partial charge in [0.2, 0.25) is 5.91 Å². The lowest BCUT2D eigenvalue weighted by atomic mass is 9.94. The average molecular weight is 475 g/mol. The van der Waals surface area contributed by atoms with E-state index in [1.54, 1.807) is 12.1 Å². The highest BCUT2D eigenvalue weighted by atomic mass is 35.5. The van der Waals surface area contributed by atoms with Gasteiger partial charge in [-0.2, -0.15) is 0 Å². The lowest BCUT2D eigenvalue weighted by Gasteiger charge is -2.36. The van der Waals surface area contributed by atoms with Gasteiger partial charge in [0.05, 0.1) is 30.8 Å². The number of ether oxygens (including phenoxy) is 1. The number of halogens is 1. The SMILES string of the molecule is COC(=O)C1=C(C)N=C2SC=C(CC(=O)NC3CCN(C)CC3)N2[C@H]1c1ccc(Cl)cc1. The zero-order valence-electron chi connectivity index (χ0n) is 18.4. The van der Waals surface area contributed by atoms with E-state index in [4.69, 9.17) is 16.3 Å². The number of amides is 1. The molecule has 0 aliphatic carbocycles. The summed E-state index contributed by atoms with van der Waals surface area (Å²) in [4.78, 5) is 34.5. The van der Waals surface area contributed by atoms with Crippen molar-refractivity contribution in [3.63, 3.8) is 0 Å². The van der Waals surface area contributed by atoms with Crippen LogP contribution in [0.5, 0.6) is 0 Å². The van der Waals surface area contributed by atoms with Crippen molar-refractivity contribution in [1.29, 1.82) is 0 Å². The first-order valence-electron chi connectivity index (χ1n) is 10.6. The van der Waals surface area contributed by atoms with Gasteiger partial charge in [0.15, 0.2) is 5.17 Å². The quantitative estimate of drug-likeness (QED) is 0.656. The van der Waals surface area contributed by atoms with Crippen molar-refractivity contribution in [3.05, 3.63) is 57.2 Å². The number of thioether (sulfide) groups is 1. The van der Waals surface area contributed by atoms with E-state index in [9.17, 15) is 9.59 Å². The van der Waals surface area contributed by atoms with Crippen LogP contribution < -0.4 is 5.32 Å². The Morgan fingerprint density at radius 3 is 2.59 bits per heavy atom. The Morgan fingerprint density at radius 2 is 1.94 bits per heavy atom. The van der Waals surface area contributed by atoms with Gasteiger partial charge in [0.25, 0.3) is 0 Å². The number of carbonyl (C=O) groups is 2. The number of piperidine rings is 1. The van der Waals surface area contributed by atoms with E-state index < -0.39 is 12.0 Å². The molecular formula is C23H27ClN4O3S. The van der Waals surface area contributed by atoms with Crippen LogP contribution in [0.25, 0.3) is 0 Å². The molecule has 0 aromatic heterocycles. The fourth-order valence-corrected chi connectivity index (χ4v) is 5.39. The van der Waals surface area contributed by atoms with E-state index in [1.807, 2.05) is 29.4 Å². The maximum Gasteiger partial charge on any atom is 0.338 e. The Kier molecular flexibility index (Phi) is 6.93. The van der Waals surface area contributed by atoms with E-state index in [0.717, 1.165) is 42.4 Å². The Bertz CT molecular complexity index is 997. The maximum absolute atomic E-state index is 12.9. The number of hydrogen-bond acceptors (Lipinski definition) is 7. The van der Waals surface area contributed by atoms with Gasteiger partial charge in [0.1, 0.15) is 0 Å². The van der Waals surface area contributed by atoms with Gasteiger partial charge in [-0.15, -0.1) is 0 Å². The number of fused-ring (bicyclic) bond motifs is 1. The topological polar surface area (TPSA) is 74.2 Å². The van der Waals surface area contributed by atoms with Crippen LogP contribution in [0.3, 0.4) is 0 Å². The molecule has 1 atom stereocenters. The third-order valence-electron chi connectivity index (χ3n) is 6.02. The van der Waals surface area contributed by atoms with Crippen molar-refractivity contribution in [2.75, 3.05) is 27.2 Å². The molecule has 1 aromatic rings. The number of carbonyl (C=O) groups excluding carboxylic acids is 2. The Balaban J connectivity index is 1.59. The Morgan fingerprint density at radius 1 is 1.25 bits per heavy atom. The molecule has 1 amide bonds. The summed E-state index contributed by atoms with van der Waals surface area (Å²) in [5, 5.41) is 6.48. The summed E-state index contributed by atoms with van der Waals surface area (Å²) < 4.78 is 5.08. The predicted octanol–water partition coefficient (Wildman–Crippen LogP) is 3.69. The molecule has 9 heteroatoms. The number of benzene rings is 1. The number of likely N-dealkylation sites (tertiary alicyclic amines) is 1. The van der Waals surface area contributed by atoms with Crippen LogP contribution in [-0.4, -0.2) is 60.1 Å². The molecule has 1 saturated heterocycles. The van der Waals surface area contributed by atoms with E-state index in [1.165, 1.54) is 18.9 Å². The van der Waals surface area contributed by atoms with Crippen LogP contribution in [0.1, 0.15) is 37.8 Å². The number of aliphatic imine (C=N–C) groups is 1. The fraction of sp³-hybridized carbons (Fsp3) is 0.435. The number of methoxy groups -OCH3 is 1. The van der Waals surface area contributed by atoms with Gasteiger partial charge in [-0.25, -0.2) is 9.79 Å². The zero-order valence-corrected chi connectivity index (χ0v) is 20.0. The minimum Gasteiger partial charge on any atom is -0.466 e. The number of nitrogens with one attached hydrogen (secondary N) is 1. The summed E-state index contributed by atoms with van der Waals surface area (Å²) >= 11 is 7.57. The molecule has 0 radical (unpaired) electrons. The van der Waals surface area contributed by atoms with Crippen LogP contribution in [0, 0.1) is 0 Å². The molecule has 3 aliphatic heterocycles. The molecule has 4 rings (SSSR count). The van der Waals surface area contributed by atoms with E-state index in [0.29, 0.717) is 16.3 Å². The molecule has 0 saturated carbocycles. The molecule has 170 valence electrons. The van der Waals surface area contributed by atoms with E-state index in [-0.39, 0.29) is 18.4 Å². The molecule has 1 N–H and O–H groups in total. The highest BCUT2D eigenvalue weighted by Crippen LogP contribution is 2.44. The zero-order chi connectivity index (χ0) is 22.8. The van der Waals surface area contributed by atoms with Crippen molar-refractivity contribution in [2.45, 2.75) is 38.3 Å². The van der Waals surface area contributed by atoms with Crippen molar-refractivity contribution in [3.8, 4) is 0 Å². The molecular weight excluding hydrogens is 448 g/mol. The van der Waals surface area contributed by atoms with E-state index in [2.05, 4.69) is 22.3 Å². The monoisotopic (exact) mass is 474 g/mol. The normalized spacial score (nSPS) is 21.8. The number of nitrogens with zero attached hydrogens (tertiary/aromatic N) is 3. The second kappa shape index (κ2) is 9.68. The lowest BCUT2D eigenvalue weighted by Crippen LogP contribution is -2.44. The second-order valence-corrected chi connectivity index (χ2v) is 9.53. The summed E-state index contributed by atoms with van der Waals surface area (Å²) in [5.74, 6) is -0.453. The molecule has 3 aliphatic rings. The van der Waals surface area contributed by atoms with Crippen molar-refractivity contribution in [1.82, 2.24) is 15.1 Å². The number of amidine groups is 1. The summed E-state index contributed by atoms with van der Waals surface area (Å²) in [6.07, 6.45) is 2.12. The Labute approximate surface area is 197 Å². The molecule has 7 nitrogen and oxygen atoms in total. The number of hydrogen-bond donors (Lipinski definition) is 1. The van der Waals surface area contributed by atoms with Gasteiger partial charge in [-0.05, 0) is 63.0 Å². The van der Waals surface area contributed by atoms with Crippen LogP contribution in [0.4, 0.5) is 0 Å². The highest BCUT2D eigenvalue weighted by Gasteiger charge is 2.41. The maximum atomic E-state index is 12.9. The van der Waals surface area contributed by atoms with Gasteiger partial charge in [-0.1, -0.05) is 35.5 Å². The molecule has 0 unspecified atom stereocenters. The summed E-state index contributed by atoms with van der Waals surface area (Å²) in [6.45, 7) is 3.78. The standard InChI is InChI=1S/C23H27ClN4O3S/c1-14-20(22(30)31-3)21(15-4-6-16(24)7-5-15)28-18(13-32-23(28)25-14)12-19(29)26-17-8-10-27(2)11-9-17/h4-7,13,17,21H,8-12H2,1-3H3,(H,26,29)/t21-/m0/s1. The highest BCUT2D eigenvalue weighted by molar-refractivity contribution is 8.16. The molecule has 1 fully saturated rings. The van der Waals surface area contributed by atoms with Crippen LogP contribution >= 0.6 is 23.4 Å². The summed E-state index contributed by atoms with van der Waals surface area (Å²) in [7, 11) is 3.46. The van der Waals surface area contributed by atoms with Gasteiger partial charge in [-0.3, -0.25) is 4.79 Å². The van der Waals surface area contributed by atoms with Crippen LogP contribution in [-0.2, 0) is 14.3 Å². The number of allylic oxidation sites excluding steroid dienone is 1. The third kappa shape index (κ3) is 4.72. The molecule has 0 bridgehead atoms. The molecule has 0 spiro atoms. The Hall–Kier alpha value is -2.29. The van der Waals surface area contributed by atoms with Gasteiger partial charge in [0, 0.05) is 16.8 Å². The summed E-state index contributed by atoms with van der Waals surface area (Å²) in [6, 6.07) is 7.14. The molecule has 3 heterocycles. The first kappa shape index (κ1) is 22.9. The predicted molar refractivity (Wildman–Crippen MR) is 127 cm³/mol. The van der Waals surface area contributed by atoms with E-state index >= 15 is 0 Å². The smallest absolute Gasteiger partial charge is 0.338 e. The van der Waals surface area contributed by atoms with Crippen molar-refractivity contribution in [2.24, 2.45) is 4.99 Å². The number of rotatable bonds is 5. The first-order chi connectivity index (χ1) is 15.4. The number of esters is 1. The van der Waals surface area contributed by atoms with Gasteiger partial charge < -0.3 is 19.9 Å². The minimum absolute atomic E-state index is 0.0200. The lowest BCUT2D eigenvalue weighted by molar-refractivity contribution is -0.136. The van der Waals surface area contributed by atoms with Crippen LogP contribution in [0.2, 0.25) is 5.02 Å². The minimum atomic E-state index is -0.440. The van der Waals surface area contributed by atoms with Crippen molar-refractivity contribution >= 4 is 40.4 Å². The van der Waals surface area contributed by atoms with Crippen molar-refractivity contribution < 1.29 is 14.3 Å². The average Bonchev–Trinajstić information content (AvgIpc) is 3.16. The third-order valence-corrected chi connectivity index (χ3v) is 7.16. The molecule has 32 heavy (non-hydrogen) atoms. The second-order valence-electron chi connectivity index (χ2n) is 8.26.